The SMILES string of the molecule is [AlH][O]c1cncc2sc3cccnc3c12. The van der Waals surface area contributed by atoms with Crippen molar-refractivity contribution in [1.82, 2.24) is 9.97 Å². The topological polar surface area (TPSA) is 35.0 Å². The average molecular weight is 229 g/mol. The number of hydrogen-bond acceptors (Lipinski definition) is 4. The van der Waals surface area contributed by atoms with Gasteiger partial charge in [-0.05, 0) is 12.1 Å². The van der Waals surface area contributed by atoms with Crippen LogP contribution in [0.15, 0.2) is 30.7 Å². The lowest BCUT2D eigenvalue weighted by Gasteiger charge is -2.02. The molecule has 0 fully saturated rings. The molecule has 0 aliphatic rings. The van der Waals surface area contributed by atoms with Gasteiger partial charge in [0.15, 0.2) is 0 Å². The molecule has 0 aliphatic heterocycles. The van der Waals surface area contributed by atoms with E-state index < -0.39 is 0 Å². The lowest BCUT2D eigenvalue weighted by Crippen LogP contribution is -1.87. The summed E-state index contributed by atoms with van der Waals surface area (Å²) in [6.45, 7) is 0. The van der Waals surface area contributed by atoms with Crippen LogP contribution in [0.1, 0.15) is 0 Å². The van der Waals surface area contributed by atoms with E-state index in [1.165, 1.54) is 21.3 Å². The van der Waals surface area contributed by atoms with Gasteiger partial charge in [-0.2, -0.15) is 0 Å². The quantitative estimate of drug-likeness (QED) is 0.599. The molecule has 15 heavy (non-hydrogen) atoms. The Morgan fingerprint density at radius 1 is 1.27 bits per heavy atom. The van der Waals surface area contributed by atoms with Crippen molar-refractivity contribution < 1.29 is 3.79 Å². The highest BCUT2D eigenvalue weighted by Crippen LogP contribution is 2.36. The Morgan fingerprint density at radius 2 is 2.20 bits per heavy atom. The van der Waals surface area contributed by atoms with Crippen LogP contribution < -0.4 is 3.79 Å². The van der Waals surface area contributed by atoms with E-state index in [-0.39, 0.29) is 0 Å². The molecule has 3 heterocycles. The van der Waals surface area contributed by atoms with Crippen molar-refractivity contribution in [1.29, 1.82) is 0 Å². The highest BCUT2D eigenvalue weighted by atomic mass is 32.1. The molecule has 0 bridgehead atoms. The maximum absolute atomic E-state index is 5.33. The second-order valence-corrected chi connectivity index (χ2v) is 4.48. The molecule has 0 aromatic carbocycles. The molecular weight excluding hydrogens is 223 g/mol. The van der Waals surface area contributed by atoms with Crippen LogP contribution in [0, 0.1) is 0 Å². The molecule has 0 saturated heterocycles. The zero-order valence-electron chi connectivity index (χ0n) is 7.80. The molecule has 0 unspecified atom stereocenters. The van der Waals surface area contributed by atoms with E-state index in [0.29, 0.717) is 0 Å². The minimum Gasteiger partial charge on any atom is -0.649 e. The van der Waals surface area contributed by atoms with Crippen LogP contribution in [-0.4, -0.2) is 26.6 Å². The third kappa shape index (κ3) is 1.32. The van der Waals surface area contributed by atoms with Crippen molar-refractivity contribution in [2.75, 3.05) is 0 Å². The predicted octanol–water partition coefficient (Wildman–Crippen LogP) is 2.04. The lowest BCUT2D eigenvalue weighted by atomic mass is 10.2. The van der Waals surface area contributed by atoms with E-state index >= 15 is 0 Å². The van der Waals surface area contributed by atoms with Crippen molar-refractivity contribution >= 4 is 48.3 Å². The number of hydrogen-bond donors (Lipinski definition) is 0. The lowest BCUT2D eigenvalue weighted by molar-refractivity contribution is 0.621. The van der Waals surface area contributed by atoms with Crippen molar-refractivity contribution in [3.05, 3.63) is 30.7 Å². The third-order valence-corrected chi connectivity index (χ3v) is 3.65. The first kappa shape index (κ1) is 9.11. The highest BCUT2D eigenvalue weighted by molar-refractivity contribution is 7.25. The summed E-state index contributed by atoms with van der Waals surface area (Å²) < 4.78 is 7.61. The van der Waals surface area contributed by atoms with Crippen LogP contribution in [0.2, 0.25) is 0 Å². The van der Waals surface area contributed by atoms with Crippen LogP contribution in [0.4, 0.5) is 0 Å². The number of nitrogens with zero attached hydrogens (tertiary/aromatic N) is 2. The van der Waals surface area contributed by atoms with E-state index in [0.717, 1.165) is 21.4 Å². The minimum atomic E-state index is 0.802. The first-order valence-corrected chi connectivity index (χ1v) is 5.83. The fraction of sp³-hybridized carbons (Fsp3) is 0. The van der Waals surface area contributed by atoms with Crippen LogP contribution in [-0.2, 0) is 0 Å². The summed E-state index contributed by atoms with van der Waals surface area (Å²) in [5.74, 6) is 0.802. The van der Waals surface area contributed by atoms with Gasteiger partial charge in [-0.1, -0.05) is 0 Å². The fourth-order valence-corrected chi connectivity index (χ4v) is 2.89. The van der Waals surface area contributed by atoms with Gasteiger partial charge in [0.2, 0.25) is 0 Å². The number of aromatic nitrogens is 2. The van der Waals surface area contributed by atoms with E-state index in [9.17, 15) is 0 Å². The van der Waals surface area contributed by atoms with Crippen molar-refractivity contribution in [2.24, 2.45) is 0 Å². The second-order valence-electron chi connectivity index (χ2n) is 3.11. The summed E-state index contributed by atoms with van der Waals surface area (Å²) in [5.41, 5.74) is 1.00. The molecule has 1 radical (unpaired) electrons. The van der Waals surface area contributed by atoms with Gasteiger partial charge >= 0.3 is 16.6 Å². The van der Waals surface area contributed by atoms with Crippen molar-refractivity contribution in [3.8, 4) is 5.75 Å². The molecule has 0 aliphatic carbocycles. The zero-order valence-corrected chi connectivity index (χ0v) is 10.0. The largest absolute Gasteiger partial charge is 0.649 e. The molecule has 0 N–H and O–H groups in total. The molecule has 3 aromatic rings. The molecule has 3 aromatic heterocycles. The summed E-state index contributed by atoms with van der Waals surface area (Å²) in [6.07, 6.45) is 5.39. The molecule has 0 saturated carbocycles. The summed E-state index contributed by atoms with van der Waals surface area (Å²) in [7, 11) is 0. The smallest absolute Gasteiger partial charge is 0.494 e. The Balaban J connectivity index is 2.56. The normalized spacial score (nSPS) is 10.9. The number of thiophene rings is 1. The van der Waals surface area contributed by atoms with E-state index in [4.69, 9.17) is 3.79 Å². The monoisotopic (exact) mass is 229 g/mol. The summed E-state index contributed by atoms with van der Waals surface area (Å²) in [5, 5.41) is 1.07. The molecule has 0 spiro atoms. The predicted molar refractivity (Wildman–Crippen MR) is 62.7 cm³/mol. The second kappa shape index (κ2) is 3.46. The van der Waals surface area contributed by atoms with Gasteiger partial charge in [0.25, 0.3) is 0 Å². The third-order valence-electron chi connectivity index (χ3n) is 2.26. The first-order chi connectivity index (χ1) is 7.40. The Morgan fingerprint density at radius 3 is 3.07 bits per heavy atom. The van der Waals surface area contributed by atoms with Crippen LogP contribution >= 0.6 is 11.3 Å². The van der Waals surface area contributed by atoms with Gasteiger partial charge in [-0.15, -0.1) is 11.3 Å². The summed E-state index contributed by atoms with van der Waals surface area (Å²) in [4.78, 5) is 8.52. The molecule has 71 valence electrons. The maximum atomic E-state index is 5.33. The molecular formula is C10H6AlN2OS. The number of fused-ring (bicyclic) bond motifs is 3. The van der Waals surface area contributed by atoms with E-state index in [1.807, 2.05) is 12.3 Å². The Hall–Kier alpha value is -1.15. The molecule has 0 amide bonds. The highest BCUT2D eigenvalue weighted by Gasteiger charge is 2.09. The van der Waals surface area contributed by atoms with E-state index in [2.05, 4.69) is 16.0 Å². The summed E-state index contributed by atoms with van der Waals surface area (Å²) >= 11 is 3.15. The van der Waals surface area contributed by atoms with Crippen LogP contribution in [0.5, 0.6) is 5.75 Å². The van der Waals surface area contributed by atoms with Gasteiger partial charge < -0.3 is 3.79 Å². The Bertz CT molecular complexity index is 637. The van der Waals surface area contributed by atoms with Gasteiger partial charge in [0, 0.05) is 12.4 Å². The molecule has 0 atom stereocenters. The molecule has 3 rings (SSSR count). The molecule has 3 nitrogen and oxygen atoms in total. The molecule has 5 heteroatoms. The van der Waals surface area contributed by atoms with E-state index in [1.54, 1.807) is 23.7 Å². The minimum absolute atomic E-state index is 0.802. The zero-order chi connectivity index (χ0) is 10.3. The standard InChI is InChI=1S/C10H6N2OS.Al.H/c13-6-4-11-5-8-9(6)10-7(14-8)2-1-3-12-10;;/h1-5,13H;;/q;+1;/p-1. The van der Waals surface area contributed by atoms with Gasteiger partial charge in [-0.25, -0.2) is 0 Å². The van der Waals surface area contributed by atoms with Crippen molar-refractivity contribution in [2.45, 2.75) is 0 Å². The fourth-order valence-electron chi connectivity index (χ4n) is 1.62. The van der Waals surface area contributed by atoms with Gasteiger partial charge in [0.1, 0.15) is 5.75 Å². The van der Waals surface area contributed by atoms with Gasteiger partial charge in [0.05, 0.1) is 26.5 Å². The number of pyridine rings is 2. The average Bonchev–Trinajstić information content (AvgIpc) is 2.67. The summed E-state index contributed by atoms with van der Waals surface area (Å²) in [6, 6.07) is 4.01. The van der Waals surface area contributed by atoms with Crippen LogP contribution in [0.25, 0.3) is 20.3 Å². The maximum Gasteiger partial charge on any atom is 0.494 e. The number of rotatable bonds is 1. The Labute approximate surface area is 98.5 Å². The Kier molecular flexibility index (Phi) is 2.10. The van der Waals surface area contributed by atoms with Gasteiger partial charge in [-0.3, -0.25) is 9.97 Å². The van der Waals surface area contributed by atoms with Crippen LogP contribution in [0.3, 0.4) is 0 Å². The first-order valence-electron chi connectivity index (χ1n) is 4.43. The van der Waals surface area contributed by atoms with Crippen molar-refractivity contribution in [3.63, 3.8) is 0 Å².